The third-order valence-electron chi connectivity index (χ3n) is 15.1. The third kappa shape index (κ3) is 6.35. The second-order valence-electron chi connectivity index (χ2n) is 19.3. The van der Waals surface area contributed by atoms with Crippen LogP contribution in [-0.2, 0) is 0 Å². The summed E-state index contributed by atoms with van der Waals surface area (Å²) in [5.74, 6) is 3.12. The van der Waals surface area contributed by atoms with Crippen LogP contribution in [0.15, 0.2) is 249 Å². The first-order valence-corrected chi connectivity index (χ1v) is 26.4. The van der Waals surface area contributed by atoms with Crippen molar-refractivity contribution in [3.8, 4) is 62.6 Å². The standard InChI is InChI=1S/C68H41N7S/c1-3-21-42(22-4-1)64-69-65(43-23-5-2-6-24-43)71-66(70-64)62-61(44-39-40-60-52(41-44)51-31-13-20-38-59(51)76-60)67(74-55-34-16-9-27-47(55)48-28-10-17-35-56(48)74)72-68(75-57-36-18-11-29-49(57)50-30-12-19-37-58(50)75)63(62)73-53-32-14-7-25-45(53)46-26-8-15-33-54(46)73/h1-41H. The van der Waals surface area contributed by atoms with E-state index in [0.717, 1.165) is 111 Å². The molecule has 7 nitrogen and oxygen atoms in total. The first-order chi connectivity index (χ1) is 37.7. The van der Waals surface area contributed by atoms with Crippen molar-refractivity contribution in [1.29, 1.82) is 0 Å². The van der Waals surface area contributed by atoms with Gasteiger partial charge in [-0.1, -0.05) is 194 Å². The number of aromatic nitrogens is 7. The van der Waals surface area contributed by atoms with E-state index < -0.39 is 0 Å². The monoisotopic (exact) mass is 987 g/mol. The fourth-order valence-electron chi connectivity index (χ4n) is 11.8. The molecule has 0 atom stereocenters. The Kier molecular flexibility index (Phi) is 9.37. The summed E-state index contributed by atoms with van der Waals surface area (Å²) in [6.45, 7) is 0. The first-order valence-electron chi connectivity index (χ1n) is 25.6. The molecule has 0 saturated carbocycles. The van der Waals surface area contributed by atoms with E-state index in [1.54, 1.807) is 0 Å². The summed E-state index contributed by atoms with van der Waals surface area (Å²) in [5, 5.41) is 9.16. The highest BCUT2D eigenvalue weighted by Crippen LogP contribution is 2.49. The molecule has 8 heteroatoms. The zero-order valence-electron chi connectivity index (χ0n) is 40.7. The predicted molar refractivity (Wildman–Crippen MR) is 315 cm³/mol. The number of thiophene rings is 1. The van der Waals surface area contributed by atoms with Crippen molar-refractivity contribution in [3.63, 3.8) is 0 Å². The number of hydrogen-bond acceptors (Lipinski definition) is 5. The van der Waals surface area contributed by atoms with E-state index in [2.05, 4.69) is 226 Å². The zero-order chi connectivity index (χ0) is 49.8. The van der Waals surface area contributed by atoms with Crippen LogP contribution in [0.1, 0.15) is 0 Å². The fraction of sp³-hybridized carbons (Fsp3) is 0. The molecule has 354 valence electrons. The van der Waals surface area contributed by atoms with Crippen molar-refractivity contribution in [2.75, 3.05) is 0 Å². The quantitative estimate of drug-likeness (QED) is 0.160. The molecule has 0 aliphatic rings. The zero-order valence-corrected chi connectivity index (χ0v) is 41.5. The highest BCUT2D eigenvalue weighted by Gasteiger charge is 2.33. The van der Waals surface area contributed by atoms with E-state index in [1.807, 2.05) is 47.7 Å². The molecule has 0 bridgehead atoms. The second kappa shape index (κ2) is 16.8. The van der Waals surface area contributed by atoms with Crippen LogP contribution in [-0.4, -0.2) is 33.6 Å². The molecule has 0 unspecified atom stereocenters. The van der Waals surface area contributed by atoms with Crippen molar-refractivity contribution in [3.05, 3.63) is 249 Å². The van der Waals surface area contributed by atoms with Gasteiger partial charge in [0.1, 0.15) is 11.5 Å². The first kappa shape index (κ1) is 42.5. The highest BCUT2D eigenvalue weighted by atomic mass is 32.1. The number of benzene rings is 10. The summed E-state index contributed by atoms with van der Waals surface area (Å²) in [7, 11) is 0. The maximum atomic E-state index is 6.32. The number of pyridine rings is 1. The lowest BCUT2D eigenvalue weighted by atomic mass is 9.95. The van der Waals surface area contributed by atoms with E-state index >= 15 is 0 Å². The topological polar surface area (TPSA) is 66.3 Å². The van der Waals surface area contributed by atoms with E-state index in [9.17, 15) is 0 Å². The SMILES string of the molecule is c1ccc(-c2nc(-c3ccccc3)nc(-c3c(-c4ccc5sc6ccccc6c5c4)c(-n4c5ccccc5c5ccccc54)nc(-n4c5ccccc5c5ccccc54)c3-n3c4ccccc4c4ccccc43)n2)cc1. The van der Waals surface area contributed by atoms with Gasteiger partial charge < -0.3 is 4.57 Å². The van der Waals surface area contributed by atoms with Crippen LogP contribution in [0.2, 0.25) is 0 Å². The summed E-state index contributed by atoms with van der Waals surface area (Å²) >= 11 is 1.82. The molecule has 16 aromatic rings. The maximum absolute atomic E-state index is 6.32. The Morgan fingerprint density at radius 3 is 1.09 bits per heavy atom. The summed E-state index contributed by atoms with van der Waals surface area (Å²) in [5.41, 5.74) is 11.5. The van der Waals surface area contributed by atoms with Crippen molar-refractivity contribution in [2.45, 2.75) is 0 Å². The Hall–Kier alpha value is -10.0. The smallest absolute Gasteiger partial charge is 0.167 e. The molecule has 6 heterocycles. The molecule has 0 saturated heterocycles. The van der Waals surface area contributed by atoms with Crippen LogP contribution >= 0.6 is 11.3 Å². The van der Waals surface area contributed by atoms with Gasteiger partial charge in [0.05, 0.1) is 38.7 Å². The van der Waals surface area contributed by atoms with Gasteiger partial charge in [-0.2, -0.15) is 0 Å². The van der Waals surface area contributed by atoms with Gasteiger partial charge >= 0.3 is 0 Å². The minimum absolute atomic E-state index is 0.515. The van der Waals surface area contributed by atoms with Gasteiger partial charge in [0.25, 0.3) is 0 Å². The molecule has 0 radical (unpaired) electrons. The molecule has 0 aliphatic carbocycles. The molecule has 10 aromatic carbocycles. The number of hydrogen-bond donors (Lipinski definition) is 0. The Morgan fingerprint density at radius 1 is 0.250 bits per heavy atom. The average Bonchev–Trinajstić information content (AvgIpc) is 4.36. The molecule has 0 aliphatic heterocycles. The minimum Gasteiger partial charge on any atom is -0.305 e. The number of nitrogens with zero attached hydrogens (tertiary/aromatic N) is 7. The van der Waals surface area contributed by atoms with Crippen LogP contribution in [0.5, 0.6) is 0 Å². The molecule has 0 amide bonds. The average molecular weight is 988 g/mol. The van der Waals surface area contributed by atoms with E-state index in [4.69, 9.17) is 19.9 Å². The fourth-order valence-corrected chi connectivity index (χ4v) is 12.9. The summed E-state index contributed by atoms with van der Waals surface area (Å²) in [4.78, 5) is 23.1. The molecular formula is C68H41N7S. The minimum atomic E-state index is 0.515. The normalized spacial score (nSPS) is 11.9. The molecule has 6 aromatic heterocycles. The van der Waals surface area contributed by atoms with Gasteiger partial charge in [0.15, 0.2) is 23.3 Å². The van der Waals surface area contributed by atoms with Gasteiger partial charge in [-0.05, 0) is 60.2 Å². The van der Waals surface area contributed by atoms with Crippen LogP contribution in [0.25, 0.3) is 148 Å². The van der Waals surface area contributed by atoms with Gasteiger partial charge in [0.2, 0.25) is 0 Å². The van der Waals surface area contributed by atoms with Crippen LogP contribution < -0.4 is 0 Å². The van der Waals surface area contributed by atoms with E-state index in [0.29, 0.717) is 17.5 Å². The van der Waals surface area contributed by atoms with Crippen molar-refractivity contribution in [2.24, 2.45) is 0 Å². The molecule has 0 spiro atoms. The molecule has 0 fully saturated rings. The molecular weight excluding hydrogens is 947 g/mol. The van der Waals surface area contributed by atoms with Crippen LogP contribution in [0.3, 0.4) is 0 Å². The number of para-hydroxylation sites is 6. The summed E-state index contributed by atoms with van der Waals surface area (Å²) in [6.07, 6.45) is 0. The lowest BCUT2D eigenvalue weighted by Crippen LogP contribution is -2.14. The van der Waals surface area contributed by atoms with Crippen LogP contribution in [0, 0.1) is 0 Å². The summed E-state index contributed by atoms with van der Waals surface area (Å²) < 4.78 is 9.63. The summed E-state index contributed by atoms with van der Waals surface area (Å²) in [6, 6.07) is 88.5. The van der Waals surface area contributed by atoms with Gasteiger partial charge in [-0.15, -0.1) is 11.3 Å². The van der Waals surface area contributed by atoms with Gasteiger partial charge in [-0.25, -0.2) is 19.9 Å². The van der Waals surface area contributed by atoms with Crippen molar-refractivity contribution >= 4 is 96.9 Å². The van der Waals surface area contributed by atoms with E-state index in [-0.39, 0.29) is 0 Å². The van der Waals surface area contributed by atoms with Crippen molar-refractivity contribution in [1.82, 2.24) is 33.6 Å². The maximum Gasteiger partial charge on any atom is 0.167 e. The Bertz CT molecular complexity index is 4790. The predicted octanol–water partition coefficient (Wildman–Crippen LogP) is 17.6. The van der Waals surface area contributed by atoms with Crippen molar-refractivity contribution < 1.29 is 0 Å². The largest absolute Gasteiger partial charge is 0.305 e. The van der Waals surface area contributed by atoms with Gasteiger partial charge in [0, 0.05) is 69.2 Å². The Labute approximate surface area is 439 Å². The molecule has 0 N–H and O–H groups in total. The molecule has 76 heavy (non-hydrogen) atoms. The number of rotatable bonds is 7. The van der Waals surface area contributed by atoms with Crippen LogP contribution in [0.4, 0.5) is 0 Å². The number of fused-ring (bicyclic) bond motifs is 12. The lowest BCUT2D eigenvalue weighted by Gasteiger charge is -2.25. The highest BCUT2D eigenvalue weighted by molar-refractivity contribution is 7.25. The van der Waals surface area contributed by atoms with E-state index in [1.165, 1.54) is 20.2 Å². The lowest BCUT2D eigenvalue weighted by molar-refractivity contribution is 0.979. The Morgan fingerprint density at radius 2 is 0.618 bits per heavy atom. The third-order valence-corrected chi connectivity index (χ3v) is 16.3. The molecule has 16 rings (SSSR count). The second-order valence-corrected chi connectivity index (χ2v) is 20.4. The van der Waals surface area contributed by atoms with Gasteiger partial charge in [-0.3, -0.25) is 9.13 Å². The Balaban J connectivity index is 1.21.